The number of carbonyl (C=O) groups excluding carboxylic acids is 1. The molecule has 2 rings (SSSR count). The summed E-state index contributed by atoms with van der Waals surface area (Å²) in [6.07, 6.45) is 9.85. The molecule has 0 spiro atoms. The Morgan fingerprint density at radius 1 is 1.00 bits per heavy atom. The minimum atomic E-state index is -0.307. The number of carbonyl (C=O) groups is 1. The summed E-state index contributed by atoms with van der Waals surface area (Å²) < 4.78 is 11.0. The van der Waals surface area contributed by atoms with Crippen LogP contribution in [0.25, 0.3) is 5.57 Å². The first-order chi connectivity index (χ1) is 14.0. The van der Waals surface area contributed by atoms with Crippen LogP contribution in [0.3, 0.4) is 0 Å². The van der Waals surface area contributed by atoms with E-state index in [1.807, 2.05) is 26.0 Å². The summed E-state index contributed by atoms with van der Waals surface area (Å²) in [5.41, 5.74) is 6.27. The van der Waals surface area contributed by atoms with Crippen molar-refractivity contribution in [3.05, 3.63) is 58.7 Å². The highest BCUT2D eigenvalue weighted by Gasteiger charge is 2.38. The third-order valence-electron chi connectivity index (χ3n) is 6.02. The molecule has 0 amide bonds. The van der Waals surface area contributed by atoms with Crippen LogP contribution in [0.2, 0.25) is 0 Å². The van der Waals surface area contributed by atoms with E-state index < -0.39 is 0 Å². The van der Waals surface area contributed by atoms with Crippen molar-refractivity contribution in [3.63, 3.8) is 0 Å². The lowest BCUT2D eigenvalue weighted by molar-refractivity contribution is -0.137. The molecule has 0 aromatic heterocycles. The molecular weight excluding hydrogens is 372 g/mol. The van der Waals surface area contributed by atoms with Crippen molar-refractivity contribution in [1.82, 2.24) is 0 Å². The molecule has 0 unspecified atom stereocenters. The van der Waals surface area contributed by atoms with E-state index in [9.17, 15) is 4.79 Å². The van der Waals surface area contributed by atoms with Gasteiger partial charge in [0.25, 0.3) is 0 Å². The van der Waals surface area contributed by atoms with E-state index in [-0.39, 0.29) is 16.8 Å². The minimum Gasteiger partial charge on any atom is -0.493 e. The van der Waals surface area contributed by atoms with Gasteiger partial charge in [-0.3, -0.25) is 0 Å². The fraction of sp³-hybridized carbons (Fsp3) is 0.519. The predicted octanol–water partition coefficient (Wildman–Crippen LogP) is 6.90. The first-order valence-corrected chi connectivity index (χ1v) is 11.0. The Morgan fingerprint density at radius 3 is 2.17 bits per heavy atom. The van der Waals surface area contributed by atoms with E-state index in [4.69, 9.17) is 9.47 Å². The minimum absolute atomic E-state index is 0.152. The van der Waals surface area contributed by atoms with Crippen LogP contribution in [0.4, 0.5) is 0 Å². The Bertz CT molecular complexity index is 866. The fourth-order valence-electron chi connectivity index (χ4n) is 4.03. The van der Waals surface area contributed by atoms with Gasteiger partial charge in [0.15, 0.2) is 0 Å². The number of esters is 1. The Labute approximate surface area is 182 Å². The zero-order valence-corrected chi connectivity index (χ0v) is 20.0. The first-order valence-electron chi connectivity index (χ1n) is 11.0. The highest BCUT2D eigenvalue weighted by Crippen LogP contribution is 2.48. The molecule has 30 heavy (non-hydrogen) atoms. The van der Waals surface area contributed by atoms with E-state index in [2.05, 4.69) is 52.8 Å². The number of benzene rings is 1. The number of fused-ring (bicyclic) bond motifs is 1. The SMILES string of the molecule is CCOC(=O)/C=C(C)/C=C/C=C(/C)c1cc2c(cc1OCC)C(C)(C)CCC2(C)C. The summed E-state index contributed by atoms with van der Waals surface area (Å²) >= 11 is 0. The van der Waals surface area contributed by atoms with Gasteiger partial charge in [0.1, 0.15) is 5.75 Å². The largest absolute Gasteiger partial charge is 0.493 e. The smallest absolute Gasteiger partial charge is 0.330 e. The molecule has 1 aliphatic carbocycles. The van der Waals surface area contributed by atoms with Crippen molar-refractivity contribution >= 4 is 11.5 Å². The van der Waals surface area contributed by atoms with Gasteiger partial charge in [0.2, 0.25) is 0 Å². The van der Waals surface area contributed by atoms with Gasteiger partial charge in [-0.05, 0) is 85.8 Å². The van der Waals surface area contributed by atoms with Gasteiger partial charge < -0.3 is 9.47 Å². The summed E-state index contributed by atoms with van der Waals surface area (Å²) in [5.74, 6) is 0.640. The number of ether oxygens (including phenoxy) is 2. The lowest BCUT2D eigenvalue weighted by Gasteiger charge is -2.42. The maximum absolute atomic E-state index is 11.6. The molecule has 0 N–H and O–H groups in total. The molecule has 0 atom stereocenters. The molecule has 0 saturated heterocycles. The Morgan fingerprint density at radius 2 is 1.60 bits per heavy atom. The van der Waals surface area contributed by atoms with Gasteiger partial charge in [-0.1, -0.05) is 45.9 Å². The topological polar surface area (TPSA) is 35.5 Å². The molecule has 164 valence electrons. The van der Waals surface area contributed by atoms with Gasteiger partial charge in [0, 0.05) is 11.6 Å². The molecule has 0 radical (unpaired) electrons. The van der Waals surface area contributed by atoms with Crippen LogP contribution in [0.5, 0.6) is 5.75 Å². The molecule has 0 saturated carbocycles. The van der Waals surface area contributed by atoms with Crippen molar-refractivity contribution in [2.45, 2.75) is 79.1 Å². The Hall–Kier alpha value is -2.29. The highest BCUT2D eigenvalue weighted by molar-refractivity contribution is 5.83. The molecule has 0 fully saturated rings. The van der Waals surface area contributed by atoms with E-state index in [0.29, 0.717) is 13.2 Å². The second-order valence-electron chi connectivity index (χ2n) is 9.44. The van der Waals surface area contributed by atoms with Crippen LogP contribution in [0, 0.1) is 0 Å². The van der Waals surface area contributed by atoms with Gasteiger partial charge in [-0.25, -0.2) is 4.79 Å². The summed E-state index contributed by atoms with van der Waals surface area (Å²) in [5, 5.41) is 0. The molecule has 1 aliphatic rings. The first kappa shape index (κ1) is 24.0. The maximum Gasteiger partial charge on any atom is 0.330 e. The second kappa shape index (κ2) is 9.68. The standard InChI is InChI=1S/C27H38O3/c1-9-29-24-18-23-22(26(5,6)14-15-27(23,7)8)17-21(24)20(4)13-11-12-19(3)16-25(28)30-10-2/h11-13,16-18H,9-10,14-15H2,1-8H3/b12-11+,19-16+,20-13-. The van der Waals surface area contributed by atoms with Crippen LogP contribution in [0.1, 0.15) is 84.9 Å². The van der Waals surface area contributed by atoms with Crippen molar-refractivity contribution < 1.29 is 14.3 Å². The molecular formula is C27H38O3. The molecule has 3 nitrogen and oxygen atoms in total. The summed E-state index contributed by atoms with van der Waals surface area (Å²) in [4.78, 5) is 11.6. The summed E-state index contributed by atoms with van der Waals surface area (Å²) in [6, 6.07) is 4.60. The monoisotopic (exact) mass is 410 g/mol. The lowest BCUT2D eigenvalue weighted by atomic mass is 9.62. The Balaban J connectivity index is 2.43. The lowest BCUT2D eigenvalue weighted by Crippen LogP contribution is -2.34. The molecule has 0 bridgehead atoms. The number of hydrogen-bond acceptors (Lipinski definition) is 3. The van der Waals surface area contributed by atoms with Crippen LogP contribution in [0.15, 0.2) is 42.0 Å². The molecule has 0 heterocycles. The van der Waals surface area contributed by atoms with Gasteiger partial charge in [-0.2, -0.15) is 0 Å². The van der Waals surface area contributed by atoms with Crippen LogP contribution < -0.4 is 4.74 Å². The number of hydrogen-bond donors (Lipinski definition) is 0. The van der Waals surface area contributed by atoms with Crippen molar-refractivity contribution in [2.75, 3.05) is 13.2 Å². The van der Waals surface area contributed by atoms with Crippen LogP contribution in [-0.4, -0.2) is 19.2 Å². The maximum atomic E-state index is 11.6. The van der Waals surface area contributed by atoms with Crippen LogP contribution >= 0.6 is 0 Å². The quantitative estimate of drug-likeness (QED) is 0.278. The average Bonchev–Trinajstić information content (AvgIpc) is 2.65. The molecule has 3 heteroatoms. The van der Waals surface area contributed by atoms with Crippen molar-refractivity contribution in [3.8, 4) is 5.75 Å². The zero-order valence-electron chi connectivity index (χ0n) is 20.0. The molecule has 1 aromatic rings. The number of allylic oxidation sites excluding steroid dienone is 5. The normalized spacial score (nSPS) is 18.3. The number of rotatable bonds is 7. The third-order valence-corrected chi connectivity index (χ3v) is 6.02. The van der Waals surface area contributed by atoms with E-state index in [1.165, 1.54) is 30.0 Å². The zero-order chi connectivity index (χ0) is 22.5. The van der Waals surface area contributed by atoms with E-state index in [1.54, 1.807) is 6.92 Å². The average molecular weight is 411 g/mol. The predicted molar refractivity (Wildman–Crippen MR) is 126 cm³/mol. The van der Waals surface area contributed by atoms with Crippen LogP contribution in [-0.2, 0) is 20.4 Å². The van der Waals surface area contributed by atoms with Crippen molar-refractivity contribution in [1.29, 1.82) is 0 Å². The fourth-order valence-corrected chi connectivity index (χ4v) is 4.03. The summed E-state index contributed by atoms with van der Waals surface area (Å²) in [6.45, 7) is 18.2. The molecule has 0 aliphatic heterocycles. The molecule has 1 aromatic carbocycles. The third kappa shape index (κ3) is 5.65. The van der Waals surface area contributed by atoms with Crippen molar-refractivity contribution in [2.24, 2.45) is 0 Å². The highest BCUT2D eigenvalue weighted by atomic mass is 16.5. The van der Waals surface area contributed by atoms with E-state index >= 15 is 0 Å². The Kier molecular flexibility index (Phi) is 7.74. The summed E-state index contributed by atoms with van der Waals surface area (Å²) in [7, 11) is 0. The van der Waals surface area contributed by atoms with Gasteiger partial charge >= 0.3 is 5.97 Å². The van der Waals surface area contributed by atoms with E-state index in [0.717, 1.165) is 22.5 Å². The second-order valence-corrected chi connectivity index (χ2v) is 9.44. The van der Waals surface area contributed by atoms with Gasteiger partial charge in [0.05, 0.1) is 13.2 Å². The van der Waals surface area contributed by atoms with Gasteiger partial charge in [-0.15, -0.1) is 0 Å².